The van der Waals surface area contributed by atoms with Gasteiger partial charge in [-0.1, -0.05) is 0 Å². The fraction of sp³-hybridized carbons (Fsp3) is 0.800. The maximum Gasteiger partial charge on any atom is 0.303 e. The lowest BCUT2D eigenvalue weighted by Crippen LogP contribution is -2.38. The molecule has 14 heavy (non-hydrogen) atoms. The first-order valence-electron chi connectivity index (χ1n) is 5.05. The van der Waals surface area contributed by atoms with E-state index in [9.17, 15) is 9.59 Å². The van der Waals surface area contributed by atoms with Crippen molar-refractivity contribution < 1.29 is 14.7 Å². The molecule has 0 aliphatic carbocycles. The van der Waals surface area contributed by atoms with E-state index in [1.165, 1.54) is 0 Å². The molecule has 1 unspecified atom stereocenters. The van der Waals surface area contributed by atoms with Gasteiger partial charge in [0, 0.05) is 24.9 Å². The van der Waals surface area contributed by atoms with Crippen molar-refractivity contribution in [3.8, 4) is 0 Å². The molecule has 0 aromatic carbocycles. The molecule has 1 atom stereocenters. The average molecular weight is 199 g/mol. The fourth-order valence-corrected chi connectivity index (χ4v) is 2.05. The Hall–Kier alpha value is -1.06. The lowest BCUT2D eigenvalue weighted by molar-refractivity contribution is -0.138. The molecule has 1 rings (SSSR count). The smallest absolute Gasteiger partial charge is 0.303 e. The number of carbonyl (C=O) groups is 2. The van der Waals surface area contributed by atoms with Gasteiger partial charge in [-0.2, -0.15) is 0 Å². The van der Waals surface area contributed by atoms with Gasteiger partial charge in [-0.25, -0.2) is 0 Å². The van der Waals surface area contributed by atoms with Crippen molar-refractivity contribution in [1.29, 1.82) is 0 Å². The Morgan fingerprint density at radius 2 is 2.29 bits per heavy atom. The molecular formula is C10H17NO3. The minimum Gasteiger partial charge on any atom is -0.481 e. The standard InChI is InChI=1S/C10H17NO3/c1-7(2)11-8(3-5-9(11)12)4-6-10(13)14/h7-8H,3-6H2,1-2H3,(H,13,14). The summed E-state index contributed by atoms with van der Waals surface area (Å²) in [7, 11) is 0. The van der Waals surface area contributed by atoms with Gasteiger partial charge < -0.3 is 10.0 Å². The molecule has 0 aromatic rings. The Morgan fingerprint density at radius 1 is 1.64 bits per heavy atom. The molecule has 0 saturated carbocycles. The number of carboxylic acids is 1. The van der Waals surface area contributed by atoms with Gasteiger partial charge in [0.2, 0.25) is 5.91 Å². The lowest BCUT2D eigenvalue weighted by Gasteiger charge is -2.28. The molecule has 4 nitrogen and oxygen atoms in total. The average Bonchev–Trinajstić information content (AvgIpc) is 2.43. The summed E-state index contributed by atoms with van der Waals surface area (Å²) in [5, 5.41) is 8.56. The van der Waals surface area contributed by atoms with Crippen LogP contribution in [0.1, 0.15) is 39.5 Å². The maximum atomic E-state index is 11.4. The summed E-state index contributed by atoms with van der Waals surface area (Å²) in [5.41, 5.74) is 0. The number of rotatable bonds is 4. The third-order valence-corrected chi connectivity index (χ3v) is 2.62. The zero-order valence-corrected chi connectivity index (χ0v) is 8.69. The summed E-state index contributed by atoms with van der Waals surface area (Å²) in [4.78, 5) is 23.7. The van der Waals surface area contributed by atoms with E-state index in [-0.39, 0.29) is 24.4 Å². The van der Waals surface area contributed by atoms with Crippen LogP contribution in [-0.2, 0) is 9.59 Å². The molecule has 1 saturated heterocycles. The first kappa shape index (κ1) is 11.0. The Labute approximate surface area is 83.9 Å². The number of hydrogen-bond acceptors (Lipinski definition) is 2. The van der Waals surface area contributed by atoms with Gasteiger partial charge in [0.05, 0.1) is 0 Å². The summed E-state index contributed by atoms with van der Waals surface area (Å²) in [6, 6.07) is 0.322. The van der Waals surface area contributed by atoms with Crippen LogP contribution in [0.15, 0.2) is 0 Å². The van der Waals surface area contributed by atoms with E-state index in [0.29, 0.717) is 12.8 Å². The van der Waals surface area contributed by atoms with Crippen LogP contribution in [0.3, 0.4) is 0 Å². The Bertz CT molecular complexity index is 238. The normalized spacial score (nSPS) is 22.1. The lowest BCUT2D eigenvalue weighted by atomic mass is 10.1. The van der Waals surface area contributed by atoms with E-state index in [1.807, 2.05) is 18.7 Å². The maximum absolute atomic E-state index is 11.4. The Morgan fingerprint density at radius 3 is 2.79 bits per heavy atom. The van der Waals surface area contributed by atoms with E-state index < -0.39 is 5.97 Å². The highest BCUT2D eigenvalue weighted by molar-refractivity contribution is 5.79. The molecule has 1 aliphatic heterocycles. The van der Waals surface area contributed by atoms with E-state index in [4.69, 9.17) is 5.11 Å². The largest absolute Gasteiger partial charge is 0.481 e. The number of amides is 1. The highest BCUT2D eigenvalue weighted by Crippen LogP contribution is 2.24. The zero-order valence-electron chi connectivity index (χ0n) is 8.69. The number of aliphatic carboxylic acids is 1. The van der Waals surface area contributed by atoms with Gasteiger partial charge in [-0.3, -0.25) is 9.59 Å². The molecular weight excluding hydrogens is 182 g/mol. The van der Waals surface area contributed by atoms with Crippen LogP contribution >= 0.6 is 0 Å². The van der Waals surface area contributed by atoms with E-state index in [2.05, 4.69) is 0 Å². The summed E-state index contributed by atoms with van der Waals surface area (Å²) in [6.07, 6.45) is 2.12. The molecule has 0 spiro atoms. The van der Waals surface area contributed by atoms with Crippen molar-refractivity contribution in [2.24, 2.45) is 0 Å². The van der Waals surface area contributed by atoms with Crippen molar-refractivity contribution in [2.45, 2.75) is 51.6 Å². The van der Waals surface area contributed by atoms with Crippen LogP contribution in [0.2, 0.25) is 0 Å². The minimum atomic E-state index is -0.784. The van der Waals surface area contributed by atoms with Crippen LogP contribution in [0.4, 0.5) is 0 Å². The molecule has 4 heteroatoms. The topological polar surface area (TPSA) is 57.6 Å². The van der Waals surface area contributed by atoms with E-state index >= 15 is 0 Å². The molecule has 1 heterocycles. The van der Waals surface area contributed by atoms with Gasteiger partial charge in [0.1, 0.15) is 0 Å². The molecule has 80 valence electrons. The Balaban J connectivity index is 2.51. The molecule has 1 aliphatic rings. The number of carbonyl (C=O) groups excluding carboxylic acids is 1. The van der Waals surface area contributed by atoms with Gasteiger partial charge in [-0.15, -0.1) is 0 Å². The fourth-order valence-electron chi connectivity index (χ4n) is 2.05. The first-order valence-corrected chi connectivity index (χ1v) is 5.05. The van der Waals surface area contributed by atoms with E-state index in [1.54, 1.807) is 0 Å². The quantitative estimate of drug-likeness (QED) is 0.741. The summed E-state index contributed by atoms with van der Waals surface area (Å²) in [5.74, 6) is -0.622. The van der Waals surface area contributed by atoms with Crippen molar-refractivity contribution in [3.05, 3.63) is 0 Å². The molecule has 1 N–H and O–H groups in total. The molecule has 0 bridgehead atoms. The van der Waals surface area contributed by atoms with Gasteiger partial charge in [-0.05, 0) is 26.7 Å². The monoisotopic (exact) mass is 199 g/mol. The number of nitrogens with zero attached hydrogens (tertiary/aromatic N) is 1. The highest BCUT2D eigenvalue weighted by Gasteiger charge is 2.32. The van der Waals surface area contributed by atoms with E-state index in [0.717, 1.165) is 6.42 Å². The predicted octanol–water partition coefficient (Wildman–Crippen LogP) is 1.25. The second-order valence-electron chi connectivity index (χ2n) is 4.02. The van der Waals surface area contributed by atoms with Gasteiger partial charge in [0.15, 0.2) is 0 Å². The van der Waals surface area contributed by atoms with Crippen LogP contribution in [0, 0.1) is 0 Å². The molecule has 1 amide bonds. The van der Waals surface area contributed by atoms with Crippen LogP contribution < -0.4 is 0 Å². The third kappa shape index (κ3) is 2.47. The first-order chi connectivity index (χ1) is 6.52. The van der Waals surface area contributed by atoms with Crippen molar-refractivity contribution in [3.63, 3.8) is 0 Å². The predicted molar refractivity (Wildman–Crippen MR) is 51.9 cm³/mol. The van der Waals surface area contributed by atoms with Gasteiger partial charge >= 0.3 is 5.97 Å². The van der Waals surface area contributed by atoms with Crippen molar-refractivity contribution >= 4 is 11.9 Å². The SMILES string of the molecule is CC(C)N1C(=O)CCC1CCC(=O)O. The Kier molecular flexibility index (Phi) is 3.49. The molecule has 0 radical (unpaired) electrons. The highest BCUT2D eigenvalue weighted by atomic mass is 16.4. The minimum absolute atomic E-state index is 0.138. The summed E-state index contributed by atoms with van der Waals surface area (Å²) < 4.78 is 0. The van der Waals surface area contributed by atoms with Crippen LogP contribution in [-0.4, -0.2) is 34.0 Å². The zero-order chi connectivity index (χ0) is 10.7. The van der Waals surface area contributed by atoms with Crippen molar-refractivity contribution in [1.82, 2.24) is 4.90 Å². The molecule has 0 aromatic heterocycles. The van der Waals surface area contributed by atoms with Gasteiger partial charge in [0.25, 0.3) is 0 Å². The van der Waals surface area contributed by atoms with Crippen LogP contribution in [0.5, 0.6) is 0 Å². The molecule has 1 fully saturated rings. The number of likely N-dealkylation sites (tertiary alicyclic amines) is 1. The number of hydrogen-bond donors (Lipinski definition) is 1. The second kappa shape index (κ2) is 4.44. The summed E-state index contributed by atoms with van der Waals surface area (Å²) in [6.45, 7) is 3.94. The number of carboxylic acid groups (broad SMARTS) is 1. The summed E-state index contributed by atoms with van der Waals surface area (Å²) >= 11 is 0. The van der Waals surface area contributed by atoms with Crippen LogP contribution in [0.25, 0.3) is 0 Å². The third-order valence-electron chi connectivity index (χ3n) is 2.62. The second-order valence-corrected chi connectivity index (χ2v) is 4.02. The van der Waals surface area contributed by atoms with Crippen molar-refractivity contribution in [2.75, 3.05) is 0 Å².